The molecule has 1 N–H and O–H groups in total. The molecule has 0 fully saturated rings. The minimum Gasteiger partial charge on any atom is -0.352 e. The van der Waals surface area contributed by atoms with Gasteiger partial charge in [0.2, 0.25) is 5.91 Å². The summed E-state index contributed by atoms with van der Waals surface area (Å²) in [6.45, 7) is 6.23. The summed E-state index contributed by atoms with van der Waals surface area (Å²) in [5.41, 5.74) is 1.52. The third kappa shape index (κ3) is 5.48. The van der Waals surface area contributed by atoms with E-state index in [1.54, 1.807) is 12.1 Å². The molecule has 1 amide bonds. The smallest absolute Gasteiger partial charge is 0.226 e. The zero-order valence-corrected chi connectivity index (χ0v) is 12.8. The van der Waals surface area contributed by atoms with Gasteiger partial charge in [0.25, 0.3) is 0 Å². The maximum Gasteiger partial charge on any atom is 0.226 e. The number of thiazole rings is 1. The fourth-order valence-electron chi connectivity index (χ4n) is 1.56. The molecule has 1 heterocycles. The van der Waals surface area contributed by atoms with Gasteiger partial charge in [-0.15, -0.1) is 11.3 Å². The minimum atomic E-state index is -0.295. The second kappa shape index (κ2) is 8.43. The van der Waals surface area contributed by atoms with Crippen molar-refractivity contribution in [2.24, 2.45) is 0 Å². The average molecular weight is 294 g/mol. The fourth-order valence-corrected chi connectivity index (χ4v) is 2.18. The van der Waals surface area contributed by atoms with Crippen LogP contribution in [0.2, 0.25) is 0 Å². The summed E-state index contributed by atoms with van der Waals surface area (Å²) in [6.07, 6.45) is 0.264. The molecule has 2 aromatic rings. The molecule has 0 aliphatic rings. The number of rotatable bonds is 4. The predicted molar refractivity (Wildman–Crippen MR) is 80.1 cm³/mol. The van der Waals surface area contributed by atoms with Gasteiger partial charge in [-0.05, 0) is 24.6 Å². The Morgan fingerprint density at radius 1 is 1.40 bits per heavy atom. The first kappa shape index (κ1) is 16.3. The highest BCUT2D eigenvalue weighted by Crippen LogP contribution is 2.08. The second-order valence-electron chi connectivity index (χ2n) is 3.94. The van der Waals surface area contributed by atoms with Gasteiger partial charge in [0.05, 0.1) is 17.1 Å². The van der Waals surface area contributed by atoms with Gasteiger partial charge in [0.1, 0.15) is 5.82 Å². The monoisotopic (exact) mass is 294 g/mol. The molecule has 3 nitrogen and oxygen atoms in total. The van der Waals surface area contributed by atoms with Crippen LogP contribution in [-0.4, -0.2) is 10.9 Å². The number of aryl methyl sites for hydroxylation is 1. The highest BCUT2D eigenvalue weighted by Gasteiger charge is 2.06. The number of hydrogen-bond acceptors (Lipinski definition) is 3. The Hall–Kier alpha value is -1.75. The lowest BCUT2D eigenvalue weighted by atomic mass is 10.2. The van der Waals surface area contributed by atoms with Crippen molar-refractivity contribution >= 4 is 17.2 Å². The summed E-state index contributed by atoms with van der Waals surface area (Å²) in [5, 5.41) is 5.56. The highest BCUT2D eigenvalue weighted by molar-refractivity contribution is 7.09. The van der Waals surface area contributed by atoms with Crippen LogP contribution < -0.4 is 5.32 Å². The minimum absolute atomic E-state index is 0.107. The van der Waals surface area contributed by atoms with E-state index in [-0.39, 0.29) is 18.1 Å². The standard InChI is InChI=1S/C13H13FN2OS.C2H6/c1-9-16-12(8-18-9)6-13(17)15-7-10-3-2-4-11(14)5-10;1-2/h2-5,8H,6-7H2,1H3,(H,15,17);1-2H3. The van der Waals surface area contributed by atoms with Crippen LogP contribution in [0.5, 0.6) is 0 Å². The van der Waals surface area contributed by atoms with E-state index in [4.69, 9.17) is 0 Å². The van der Waals surface area contributed by atoms with Crippen LogP contribution in [0.3, 0.4) is 0 Å². The molecular weight excluding hydrogens is 275 g/mol. The molecule has 1 aromatic carbocycles. The quantitative estimate of drug-likeness (QED) is 0.938. The third-order valence-electron chi connectivity index (χ3n) is 2.39. The van der Waals surface area contributed by atoms with Crippen LogP contribution >= 0.6 is 11.3 Å². The molecular formula is C15H19FN2OS. The first-order chi connectivity index (χ1) is 9.63. The molecule has 1 aromatic heterocycles. The number of nitrogens with one attached hydrogen (secondary N) is 1. The van der Waals surface area contributed by atoms with E-state index in [2.05, 4.69) is 10.3 Å². The van der Waals surface area contributed by atoms with Crippen LogP contribution in [-0.2, 0) is 17.8 Å². The van der Waals surface area contributed by atoms with E-state index in [0.717, 1.165) is 16.3 Å². The first-order valence-corrected chi connectivity index (χ1v) is 7.43. The lowest BCUT2D eigenvalue weighted by Gasteiger charge is -2.04. The van der Waals surface area contributed by atoms with Crippen LogP contribution in [0.15, 0.2) is 29.6 Å². The number of benzene rings is 1. The summed E-state index contributed by atoms with van der Waals surface area (Å²) in [5.74, 6) is -0.401. The molecule has 0 spiro atoms. The number of carbonyl (C=O) groups excluding carboxylic acids is 1. The molecule has 108 valence electrons. The van der Waals surface area contributed by atoms with Gasteiger partial charge in [0.15, 0.2) is 0 Å². The molecule has 0 unspecified atom stereocenters. The van der Waals surface area contributed by atoms with Crippen molar-refractivity contribution in [3.63, 3.8) is 0 Å². The predicted octanol–water partition coefficient (Wildman–Crippen LogP) is 3.48. The van der Waals surface area contributed by atoms with Gasteiger partial charge in [-0.2, -0.15) is 0 Å². The Bertz CT molecular complexity index is 554. The van der Waals surface area contributed by atoms with E-state index in [9.17, 15) is 9.18 Å². The lowest BCUT2D eigenvalue weighted by Crippen LogP contribution is -2.24. The van der Waals surface area contributed by atoms with Crippen molar-refractivity contribution in [3.8, 4) is 0 Å². The molecule has 0 bridgehead atoms. The molecule has 20 heavy (non-hydrogen) atoms. The topological polar surface area (TPSA) is 42.0 Å². The molecule has 0 atom stereocenters. The average Bonchev–Trinajstić information content (AvgIpc) is 2.84. The zero-order valence-electron chi connectivity index (χ0n) is 11.9. The van der Waals surface area contributed by atoms with Crippen molar-refractivity contribution < 1.29 is 9.18 Å². The van der Waals surface area contributed by atoms with Crippen LogP contribution in [0, 0.1) is 12.7 Å². The number of carbonyl (C=O) groups is 1. The van der Waals surface area contributed by atoms with Crippen LogP contribution in [0.25, 0.3) is 0 Å². The van der Waals surface area contributed by atoms with Gasteiger partial charge < -0.3 is 5.32 Å². The summed E-state index contributed by atoms with van der Waals surface area (Å²) in [6, 6.07) is 6.19. The van der Waals surface area contributed by atoms with Gasteiger partial charge in [-0.1, -0.05) is 26.0 Å². The molecule has 0 radical (unpaired) electrons. The van der Waals surface area contributed by atoms with E-state index in [0.29, 0.717) is 6.54 Å². The number of nitrogens with zero attached hydrogens (tertiary/aromatic N) is 1. The molecule has 0 saturated carbocycles. The summed E-state index contributed by atoms with van der Waals surface area (Å²) < 4.78 is 12.9. The number of amides is 1. The van der Waals surface area contributed by atoms with Crippen LogP contribution in [0.4, 0.5) is 4.39 Å². The zero-order chi connectivity index (χ0) is 15.0. The van der Waals surface area contributed by atoms with Crippen molar-refractivity contribution in [1.29, 1.82) is 0 Å². The Labute approximate surface area is 122 Å². The maximum absolute atomic E-state index is 12.9. The largest absolute Gasteiger partial charge is 0.352 e. The maximum atomic E-state index is 12.9. The first-order valence-electron chi connectivity index (χ1n) is 6.55. The Kier molecular flexibility index (Phi) is 6.87. The summed E-state index contributed by atoms with van der Waals surface area (Å²) in [4.78, 5) is 15.9. The second-order valence-corrected chi connectivity index (χ2v) is 5.00. The van der Waals surface area contributed by atoms with Gasteiger partial charge in [-0.25, -0.2) is 9.37 Å². The molecule has 5 heteroatoms. The fraction of sp³-hybridized carbons (Fsp3) is 0.333. The number of halogens is 1. The normalized spacial score (nSPS) is 9.60. The van der Waals surface area contributed by atoms with Crippen molar-refractivity contribution in [2.45, 2.75) is 33.7 Å². The Balaban J connectivity index is 0.000000956. The Morgan fingerprint density at radius 2 is 2.15 bits per heavy atom. The number of aromatic nitrogens is 1. The Morgan fingerprint density at radius 3 is 2.75 bits per heavy atom. The number of hydrogen-bond donors (Lipinski definition) is 1. The highest BCUT2D eigenvalue weighted by atomic mass is 32.1. The van der Waals surface area contributed by atoms with E-state index >= 15 is 0 Å². The van der Waals surface area contributed by atoms with Crippen molar-refractivity contribution in [3.05, 3.63) is 51.7 Å². The molecule has 0 aliphatic carbocycles. The SMILES string of the molecule is CC.Cc1nc(CC(=O)NCc2cccc(F)c2)cs1. The van der Waals surface area contributed by atoms with Gasteiger partial charge in [-0.3, -0.25) is 4.79 Å². The molecule has 2 rings (SSSR count). The van der Waals surface area contributed by atoms with Crippen molar-refractivity contribution in [2.75, 3.05) is 0 Å². The van der Waals surface area contributed by atoms with Gasteiger partial charge in [0, 0.05) is 11.9 Å². The third-order valence-corrected chi connectivity index (χ3v) is 3.21. The van der Waals surface area contributed by atoms with E-state index in [1.807, 2.05) is 26.2 Å². The van der Waals surface area contributed by atoms with Crippen LogP contribution in [0.1, 0.15) is 30.1 Å². The van der Waals surface area contributed by atoms with Gasteiger partial charge >= 0.3 is 0 Å². The molecule has 0 aliphatic heterocycles. The van der Waals surface area contributed by atoms with Crippen molar-refractivity contribution in [1.82, 2.24) is 10.3 Å². The lowest BCUT2D eigenvalue weighted by molar-refractivity contribution is -0.120. The molecule has 0 saturated heterocycles. The van der Waals surface area contributed by atoms with E-state index < -0.39 is 0 Å². The summed E-state index contributed by atoms with van der Waals surface area (Å²) in [7, 11) is 0. The van der Waals surface area contributed by atoms with E-state index in [1.165, 1.54) is 23.5 Å². The summed E-state index contributed by atoms with van der Waals surface area (Å²) >= 11 is 1.52.